The Labute approximate surface area is 77.3 Å². The summed E-state index contributed by atoms with van der Waals surface area (Å²) in [6, 6.07) is 0. The van der Waals surface area contributed by atoms with Gasteiger partial charge in [-0.25, -0.2) is 0 Å². The molecule has 13 heavy (non-hydrogen) atoms. The fourth-order valence-corrected chi connectivity index (χ4v) is 1.90. The minimum absolute atomic E-state index is 0.00676. The quantitative estimate of drug-likeness (QED) is 0.672. The van der Waals surface area contributed by atoms with Crippen molar-refractivity contribution in [2.24, 2.45) is 17.3 Å². The molecule has 0 aromatic rings. The lowest BCUT2D eigenvalue weighted by atomic mass is 9.89. The highest BCUT2D eigenvalue weighted by Crippen LogP contribution is 2.57. The maximum Gasteiger partial charge on any atom is 0.310 e. The maximum absolute atomic E-state index is 11.2. The zero-order chi connectivity index (χ0) is 10.2. The summed E-state index contributed by atoms with van der Waals surface area (Å²) in [6.07, 6.45) is 0.472. The van der Waals surface area contributed by atoms with E-state index < -0.39 is 11.4 Å². The summed E-state index contributed by atoms with van der Waals surface area (Å²) in [5.41, 5.74) is -0.805. The number of hydrogen-bond donors (Lipinski definition) is 2. The highest BCUT2D eigenvalue weighted by Gasteiger charge is 2.65. The molecule has 1 saturated carbocycles. The van der Waals surface area contributed by atoms with Crippen molar-refractivity contribution in [3.8, 4) is 0 Å². The summed E-state index contributed by atoms with van der Waals surface area (Å²) in [6.45, 7) is 3.69. The molecule has 2 unspecified atom stereocenters. The van der Waals surface area contributed by atoms with E-state index in [1.165, 1.54) is 7.05 Å². The van der Waals surface area contributed by atoms with E-state index in [0.717, 1.165) is 0 Å². The highest BCUT2D eigenvalue weighted by atomic mass is 16.4. The standard InChI is InChI=1S/C9H15NO3/c1-5(2)9(8(12)13)4-6(9)7(11)10-3/h5-6H,4H2,1-3H3,(H,10,11)(H,12,13). The predicted molar refractivity (Wildman–Crippen MR) is 47.1 cm³/mol. The van der Waals surface area contributed by atoms with Crippen LogP contribution < -0.4 is 5.32 Å². The Morgan fingerprint density at radius 2 is 2.08 bits per heavy atom. The lowest BCUT2D eigenvalue weighted by Crippen LogP contribution is -2.30. The van der Waals surface area contributed by atoms with Gasteiger partial charge >= 0.3 is 5.97 Å². The highest BCUT2D eigenvalue weighted by molar-refractivity contribution is 5.92. The third-order valence-electron chi connectivity index (χ3n) is 2.99. The topological polar surface area (TPSA) is 66.4 Å². The second-order valence-corrected chi connectivity index (χ2v) is 3.87. The molecule has 2 atom stereocenters. The van der Waals surface area contributed by atoms with E-state index in [9.17, 15) is 9.59 Å². The van der Waals surface area contributed by atoms with E-state index in [1.54, 1.807) is 0 Å². The summed E-state index contributed by atoms with van der Waals surface area (Å²) in [4.78, 5) is 22.2. The van der Waals surface area contributed by atoms with Gasteiger partial charge in [0, 0.05) is 7.05 Å². The van der Waals surface area contributed by atoms with E-state index in [0.29, 0.717) is 6.42 Å². The SMILES string of the molecule is CNC(=O)C1CC1(C(=O)O)C(C)C. The molecule has 74 valence electrons. The van der Waals surface area contributed by atoms with Crippen LogP contribution in [0.5, 0.6) is 0 Å². The Morgan fingerprint density at radius 1 is 1.54 bits per heavy atom. The first-order valence-electron chi connectivity index (χ1n) is 4.41. The van der Waals surface area contributed by atoms with Crippen LogP contribution in [0.25, 0.3) is 0 Å². The van der Waals surface area contributed by atoms with Crippen molar-refractivity contribution in [2.45, 2.75) is 20.3 Å². The molecule has 0 bridgehead atoms. The molecule has 4 heteroatoms. The number of hydrogen-bond acceptors (Lipinski definition) is 2. The molecular formula is C9H15NO3. The minimum atomic E-state index is -0.851. The monoisotopic (exact) mass is 185 g/mol. The van der Waals surface area contributed by atoms with Crippen molar-refractivity contribution >= 4 is 11.9 Å². The summed E-state index contributed by atoms with van der Waals surface area (Å²) in [5.74, 6) is -1.34. The number of aliphatic carboxylic acids is 1. The molecule has 1 fully saturated rings. The average Bonchev–Trinajstić information content (AvgIpc) is 2.78. The first-order chi connectivity index (χ1) is 5.96. The van der Waals surface area contributed by atoms with Crippen LogP contribution in [0.3, 0.4) is 0 Å². The van der Waals surface area contributed by atoms with Gasteiger partial charge in [0.25, 0.3) is 0 Å². The van der Waals surface area contributed by atoms with Crippen LogP contribution in [0.1, 0.15) is 20.3 Å². The summed E-state index contributed by atoms with van der Waals surface area (Å²) in [7, 11) is 1.54. The van der Waals surface area contributed by atoms with Gasteiger partial charge in [-0.15, -0.1) is 0 Å². The third kappa shape index (κ3) is 1.30. The molecule has 0 aromatic carbocycles. The van der Waals surface area contributed by atoms with Gasteiger partial charge in [-0.05, 0) is 12.3 Å². The van der Waals surface area contributed by atoms with E-state index in [1.807, 2.05) is 13.8 Å². The lowest BCUT2D eigenvalue weighted by Gasteiger charge is -2.15. The van der Waals surface area contributed by atoms with Crippen LogP contribution in [0.15, 0.2) is 0 Å². The minimum Gasteiger partial charge on any atom is -0.481 e. The number of carbonyl (C=O) groups excluding carboxylic acids is 1. The van der Waals surface area contributed by atoms with Crippen molar-refractivity contribution in [2.75, 3.05) is 7.05 Å². The lowest BCUT2D eigenvalue weighted by molar-refractivity contribution is -0.147. The molecule has 0 saturated heterocycles. The molecule has 1 rings (SSSR count). The normalized spacial score (nSPS) is 31.5. The predicted octanol–water partition coefficient (Wildman–Crippen LogP) is 0.479. The molecule has 1 aliphatic rings. The van der Waals surface area contributed by atoms with E-state index in [2.05, 4.69) is 5.32 Å². The van der Waals surface area contributed by atoms with Gasteiger partial charge in [0.2, 0.25) is 5.91 Å². The zero-order valence-electron chi connectivity index (χ0n) is 8.13. The maximum atomic E-state index is 11.2. The number of amides is 1. The van der Waals surface area contributed by atoms with Crippen LogP contribution in [0, 0.1) is 17.3 Å². The van der Waals surface area contributed by atoms with Gasteiger partial charge in [-0.3, -0.25) is 9.59 Å². The number of carboxylic acid groups (broad SMARTS) is 1. The second kappa shape index (κ2) is 3.01. The van der Waals surface area contributed by atoms with Crippen molar-refractivity contribution in [1.29, 1.82) is 0 Å². The molecule has 4 nitrogen and oxygen atoms in total. The molecule has 0 aliphatic heterocycles. The molecule has 0 radical (unpaired) electrons. The van der Waals surface area contributed by atoms with Gasteiger partial charge in [0.1, 0.15) is 0 Å². The second-order valence-electron chi connectivity index (χ2n) is 3.87. The number of nitrogens with one attached hydrogen (secondary N) is 1. The van der Waals surface area contributed by atoms with Crippen molar-refractivity contribution in [3.63, 3.8) is 0 Å². The Kier molecular flexibility index (Phi) is 2.32. The van der Waals surface area contributed by atoms with Gasteiger partial charge in [0.05, 0.1) is 11.3 Å². The number of carbonyl (C=O) groups is 2. The zero-order valence-corrected chi connectivity index (χ0v) is 8.13. The molecular weight excluding hydrogens is 170 g/mol. The first kappa shape index (κ1) is 10.0. The molecule has 0 heterocycles. The summed E-state index contributed by atoms with van der Waals surface area (Å²) < 4.78 is 0. The largest absolute Gasteiger partial charge is 0.481 e. The van der Waals surface area contributed by atoms with Crippen LogP contribution >= 0.6 is 0 Å². The van der Waals surface area contributed by atoms with Crippen LogP contribution in [0.4, 0.5) is 0 Å². The number of rotatable bonds is 3. The number of carboxylic acids is 1. The van der Waals surface area contributed by atoms with Crippen molar-refractivity contribution in [1.82, 2.24) is 5.32 Å². The fraction of sp³-hybridized carbons (Fsp3) is 0.778. The molecule has 2 N–H and O–H groups in total. The van der Waals surface area contributed by atoms with Gasteiger partial charge in [-0.2, -0.15) is 0 Å². The van der Waals surface area contributed by atoms with Gasteiger partial charge in [0.15, 0.2) is 0 Å². The van der Waals surface area contributed by atoms with Crippen molar-refractivity contribution < 1.29 is 14.7 Å². The molecule has 1 amide bonds. The summed E-state index contributed by atoms with van der Waals surface area (Å²) >= 11 is 0. The molecule has 1 aliphatic carbocycles. The average molecular weight is 185 g/mol. The van der Waals surface area contributed by atoms with Crippen LogP contribution in [-0.2, 0) is 9.59 Å². The first-order valence-corrected chi connectivity index (χ1v) is 4.41. The fourth-order valence-electron chi connectivity index (χ4n) is 1.90. The van der Waals surface area contributed by atoms with E-state index in [4.69, 9.17) is 5.11 Å². The van der Waals surface area contributed by atoms with Crippen LogP contribution in [-0.4, -0.2) is 24.0 Å². The Morgan fingerprint density at radius 3 is 2.31 bits per heavy atom. The van der Waals surface area contributed by atoms with Crippen molar-refractivity contribution in [3.05, 3.63) is 0 Å². The summed E-state index contributed by atoms with van der Waals surface area (Å²) in [5, 5.41) is 11.5. The Balaban J connectivity index is 2.79. The van der Waals surface area contributed by atoms with Crippen LogP contribution in [0.2, 0.25) is 0 Å². The smallest absolute Gasteiger partial charge is 0.310 e. The van der Waals surface area contributed by atoms with E-state index >= 15 is 0 Å². The Bertz CT molecular complexity index is 249. The van der Waals surface area contributed by atoms with E-state index in [-0.39, 0.29) is 17.7 Å². The molecule has 0 spiro atoms. The third-order valence-corrected chi connectivity index (χ3v) is 2.99. The van der Waals surface area contributed by atoms with Gasteiger partial charge in [-0.1, -0.05) is 13.8 Å². The molecule has 0 aromatic heterocycles. The van der Waals surface area contributed by atoms with Gasteiger partial charge < -0.3 is 10.4 Å². The Hall–Kier alpha value is -1.06.